The van der Waals surface area contributed by atoms with Crippen LogP contribution in [0.1, 0.15) is 45.2 Å². The Morgan fingerprint density at radius 2 is 0.476 bits per heavy atom. The Morgan fingerprint density at radius 1 is 0.254 bits per heavy atom. The molecule has 0 fully saturated rings. The Kier molecular flexibility index (Phi) is 15.2. The van der Waals surface area contributed by atoms with E-state index in [4.69, 9.17) is 0 Å². The van der Waals surface area contributed by atoms with Crippen molar-refractivity contribution < 1.29 is 5.48 Å². The lowest BCUT2D eigenvalue weighted by Gasteiger charge is -2.24. The number of hydrogen-bond acceptors (Lipinski definition) is 4. The second-order valence-electron chi connectivity index (χ2n) is 16.7. The molecular weight excluding hydrogens is 769 g/mol. The summed E-state index contributed by atoms with van der Waals surface area (Å²) in [5.74, 6) is 0.313. The molecule has 0 heterocycles. The van der Waals surface area contributed by atoms with Gasteiger partial charge in [-0.3, -0.25) is 0 Å². The molecule has 0 aliphatic carbocycles. The molecule has 0 aliphatic heterocycles. The number of rotatable bonds is 12. The molecule has 320 valence electrons. The molecule has 5 heteroatoms. The molecule has 0 radical (unpaired) electrons. The molecule has 8 rings (SSSR count). The Balaban J connectivity index is 0.000000206. The fraction of sp³-hybridized carbons (Fsp3) is 0.172. The van der Waals surface area contributed by atoms with Crippen molar-refractivity contribution in [3.63, 3.8) is 0 Å². The summed E-state index contributed by atoms with van der Waals surface area (Å²) >= 11 is 0. The van der Waals surface area contributed by atoms with Crippen molar-refractivity contribution in [1.82, 2.24) is 0 Å². The average Bonchev–Trinajstić information content (AvgIpc) is 3.31. The van der Waals surface area contributed by atoms with Gasteiger partial charge in [-0.1, -0.05) is 158 Å². The first-order valence-electron chi connectivity index (χ1n) is 21.5. The molecule has 0 amide bonds. The van der Waals surface area contributed by atoms with Gasteiger partial charge in [-0.2, -0.15) is 0 Å². The van der Waals surface area contributed by atoms with E-state index in [1.54, 1.807) is 0 Å². The Labute approximate surface area is 376 Å². The second kappa shape index (κ2) is 21.1. The number of hydrogen-bond donors (Lipinski definition) is 0. The summed E-state index contributed by atoms with van der Waals surface area (Å²) in [6, 6.07) is 74.7. The summed E-state index contributed by atoms with van der Waals surface area (Å²) in [6.07, 6.45) is 0. The lowest BCUT2D eigenvalue weighted by atomic mass is 9.81. The van der Waals surface area contributed by atoms with Crippen LogP contribution in [0.25, 0.3) is 22.3 Å². The van der Waals surface area contributed by atoms with Crippen LogP contribution < -0.4 is 19.6 Å². The minimum Gasteiger partial charge on any atom is -0.412 e. The molecular formula is C58H62N4O. The van der Waals surface area contributed by atoms with Gasteiger partial charge in [0.2, 0.25) is 0 Å². The van der Waals surface area contributed by atoms with Crippen LogP contribution in [0.5, 0.6) is 0 Å². The number of benzene rings is 8. The van der Waals surface area contributed by atoms with Crippen molar-refractivity contribution in [3.05, 3.63) is 240 Å². The molecule has 63 heavy (non-hydrogen) atoms. The molecule has 0 unspecified atom stereocenters. The quantitative estimate of drug-likeness (QED) is 0.115. The minimum absolute atomic E-state index is 0. The maximum absolute atomic E-state index is 2.27. The fourth-order valence-electron chi connectivity index (χ4n) is 8.22. The van der Waals surface area contributed by atoms with E-state index < -0.39 is 0 Å². The van der Waals surface area contributed by atoms with Gasteiger partial charge in [0.15, 0.2) is 0 Å². The number of nitrogens with zero attached hydrogens (tertiary/aromatic N) is 4. The molecule has 0 aromatic heterocycles. The molecule has 5 nitrogen and oxygen atoms in total. The molecule has 0 saturated heterocycles. The molecule has 8 aromatic rings. The first kappa shape index (κ1) is 45.4. The predicted molar refractivity (Wildman–Crippen MR) is 272 cm³/mol. The lowest BCUT2D eigenvalue weighted by molar-refractivity contribution is 0.824. The first-order valence-corrected chi connectivity index (χ1v) is 21.5. The van der Waals surface area contributed by atoms with Crippen molar-refractivity contribution in [3.8, 4) is 22.3 Å². The van der Waals surface area contributed by atoms with Crippen LogP contribution in [-0.2, 0) is 0 Å². The van der Waals surface area contributed by atoms with Gasteiger partial charge in [0.05, 0.1) is 0 Å². The van der Waals surface area contributed by atoms with E-state index in [0.29, 0.717) is 0 Å². The summed E-state index contributed by atoms with van der Waals surface area (Å²) in [5.41, 5.74) is 17.7. The normalized spacial score (nSPS) is 10.7. The highest BCUT2D eigenvalue weighted by Gasteiger charge is 2.22. The summed E-state index contributed by atoms with van der Waals surface area (Å²) in [4.78, 5) is 8.57. The predicted octanol–water partition coefficient (Wildman–Crippen LogP) is 12.5. The van der Waals surface area contributed by atoms with Crippen LogP contribution in [0, 0.1) is 0 Å². The van der Waals surface area contributed by atoms with Crippen molar-refractivity contribution >= 4 is 22.7 Å². The smallest absolute Gasteiger partial charge is 0.0361 e. The van der Waals surface area contributed by atoms with Gasteiger partial charge >= 0.3 is 0 Å². The zero-order chi connectivity index (χ0) is 43.6. The van der Waals surface area contributed by atoms with Crippen LogP contribution in [-0.4, -0.2) is 61.9 Å². The first-order chi connectivity index (χ1) is 30.1. The van der Waals surface area contributed by atoms with Crippen LogP contribution >= 0.6 is 0 Å². The third-order valence-electron chi connectivity index (χ3n) is 11.7. The van der Waals surface area contributed by atoms with E-state index in [9.17, 15) is 0 Å². The Morgan fingerprint density at radius 3 is 0.714 bits per heavy atom. The summed E-state index contributed by atoms with van der Waals surface area (Å²) in [5, 5.41) is 0. The van der Waals surface area contributed by atoms with Crippen LogP contribution in [0.4, 0.5) is 22.7 Å². The summed E-state index contributed by atoms with van der Waals surface area (Å²) in [7, 11) is 16.6. The highest BCUT2D eigenvalue weighted by molar-refractivity contribution is 5.72. The van der Waals surface area contributed by atoms with E-state index >= 15 is 0 Å². The zero-order valence-electron chi connectivity index (χ0n) is 38.1. The van der Waals surface area contributed by atoms with Gasteiger partial charge in [0, 0.05) is 91.0 Å². The van der Waals surface area contributed by atoms with E-state index in [1.165, 1.54) is 78.4 Å². The van der Waals surface area contributed by atoms with E-state index in [1.807, 2.05) is 0 Å². The van der Waals surface area contributed by atoms with E-state index in [-0.39, 0.29) is 17.3 Å². The maximum atomic E-state index is 2.27. The Hall–Kier alpha value is -7.08. The highest BCUT2D eigenvalue weighted by Crippen LogP contribution is 2.40. The van der Waals surface area contributed by atoms with Gasteiger partial charge in [-0.25, -0.2) is 0 Å². The zero-order valence-corrected chi connectivity index (χ0v) is 38.1. The van der Waals surface area contributed by atoms with Gasteiger partial charge in [0.25, 0.3) is 0 Å². The van der Waals surface area contributed by atoms with Crippen molar-refractivity contribution in [2.45, 2.75) is 11.8 Å². The van der Waals surface area contributed by atoms with Crippen LogP contribution in [0.15, 0.2) is 206 Å². The summed E-state index contributed by atoms with van der Waals surface area (Å²) < 4.78 is 0. The van der Waals surface area contributed by atoms with Crippen molar-refractivity contribution in [2.75, 3.05) is 76.0 Å². The molecule has 8 aromatic carbocycles. The third-order valence-corrected chi connectivity index (χ3v) is 11.7. The number of anilines is 4. The van der Waals surface area contributed by atoms with E-state index in [2.05, 4.69) is 282 Å². The minimum atomic E-state index is 0. The highest BCUT2D eigenvalue weighted by atomic mass is 16.0. The SMILES string of the molecule is CN(C)c1ccc(C(c2ccc(N(C)C)cc2)c2ccccc2-c2ccccc2)cc1.CN(C)c1ccc(C(c2ccc(N(C)C)cc2)c2ccccc2-c2ccccc2)cc1.O. The Bertz CT molecular complexity index is 2310. The third kappa shape index (κ3) is 10.9. The van der Waals surface area contributed by atoms with Gasteiger partial charge < -0.3 is 25.1 Å². The van der Waals surface area contributed by atoms with Gasteiger partial charge in [-0.15, -0.1) is 0 Å². The molecule has 2 N–H and O–H groups in total. The molecule has 0 aliphatic rings. The molecule has 0 atom stereocenters. The molecule has 0 spiro atoms. The van der Waals surface area contributed by atoms with Crippen LogP contribution in [0.3, 0.4) is 0 Å². The van der Waals surface area contributed by atoms with Crippen molar-refractivity contribution in [1.29, 1.82) is 0 Å². The van der Waals surface area contributed by atoms with E-state index in [0.717, 1.165) is 0 Å². The largest absolute Gasteiger partial charge is 0.412 e. The summed E-state index contributed by atoms with van der Waals surface area (Å²) in [6.45, 7) is 0. The van der Waals surface area contributed by atoms with Crippen molar-refractivity contribution in [2.24, 2.45) is 0 Å². The molecule has 0 bridgehead atoms. The molecule has 0 saturated carbocycles. The van der Waals surface area contributed by atoms with Gasteiger partial charge in [0.1, 0.15) is 0 Å². The standard InChI is InChI=1S/2C29H30N2.H2O/c2*1-30(2)25-18-14-23(15-19-25)29(24-16-20-26(21-17-24)31(3)4)28-13-9-8-12-27(28)22-10-6-5-7-11-22;/h2*5-21,29H,1-4H3;1H2. The second-order valence-corrected chi connectivity index (χ2v) is 16.7. The maximum Gasteiger partial charge on any atom is 0.0361 e. The average molecular weight is 831 g/mol. The topological polar surface area (TPSA) is 44.5 Å². The fourth-order valence-corrected chi connectivity index (χ4v) is 8.22. The van der Waals surface area contributed by atoms with Crippen LogP contribution in [0.2, 0.25) is 0 Å². The monoisotopic (exact) mass is 830 g/mol. The lowest BCUT2D eigenvalue weighted by Crippen LogP contribution is -2.10. The van der Waals surface area contributed by atoms with Gasteiger partial charge in [-0.05, 0) is 104 Å².